The highest BCUT2D eigenvalue weighted by molar-refractivity contribution is 6.41. The highest BCUT2D eigenvalue weighted by Gasteiger charge is 2.21. The van der Waals surface area contributed by atoms with Gasteiger partial charge < -0.3 is 10.2 Å². The standard InChI is InChI=1S/C8H6Cl2N2O2/c9-6-4(1-2-12-8(6)10)7(14)5(13)3-11/h1-2,5,7,13-14H. The Labute approximate surface area is 90.3 Å². The van der Waals surface area contributed by atoms with Gasteiger partial charge in [0.25, 0.3) is 0 Å². The lowest BCUT2D eigenvalue weighted by Gasteiger charge is -2.13. The van der Waals surface area contributed by atoms with Crippen LogP contribution in [0.5, 0.6) is 0 Å². The van der Waals surface area contributed by atoms with Crippen molar-refractivity contribution in [1.29, 1.82) is 5.26 Å². The smallest absolute Gasteiger partial charge is 0.170 e. The Kier molecular flexibility index (Phi) is 3.67. The molecule has 0 aliphatic heterocycles. The maximum Gasteiger partial charge on any atom is 0.170 e. The van der Waals surface area contributed by atoms with Crippen molar-refractivity contribution in [3.05, 3.63) is 28.0 Å². The molecule has 0 spiro atoms. The van der Waals surface area contributed by atoms with Gasteiger partial charge in [0, 0.05) is 11.8 Å². The van der Waals surface area contributed by atoms with Crippen LogP contribution in [0.1, 0.15) is 11.7 Å². The second kappa shape index (κ2) is 4.58. The van der Waals surface area contributed by atoms with E-state index >= 15 is 0 Å². The molecule has 4 nitrogen and oxygen atoms in total. The van der Waals surface area contributed by atoms with Gasteiger partial charge in [-0.15, -0.1) is 0 Å². The quantitative estimate of drug-likeness (QED) is 0.596. The van der Waals surface area contributed by atoms with Crippen molar-refractivity contribution in [2.24, 2.45) is 0 Å². The van der Waals surface area contributed by atoms with Gasteiger partial charge in [0.15, 0.2) is 6.10 Å². The molecule has 0 fully saturated rings. The normalized spacial score (nSPS) is 14.5. The monoisotopic (exact) mass is 232 g/mol. The summed E-state index contributed by atoms with van der Waals surface area (Å²) in [5.41, 5.74) is 0.181. The van der Waals surface area contributed by atoms with Crippen molar-refractivity contribution >= 4 is 23.2 Å². The molecule has 2 N–H and O–H groups in total. The number of nitriles is 1. The minimum absolute atomic E-state index is 0.0216. The van der Waals surface area contributed by atoms with Crippen LogP contribution in [0.15, 0.2) is 12.3 Å². The van der Waals surface area contributed by atoms with E-state index < -0.39 is 12.2 Å². The van der Waals surface area contributed by atoms with E-state index in [2.05, 4.69) is 4.98 Å². The summed E-state index contributed by atoms with van der Waals surface area (Å²) in [7, 11) is 0. The van der Waals surface area contributed by atoms with Crippen molar-refractivity contribution in [3.8, 4) is 6.07 Å². The largest absolute Gasteiger partial charge is 0.384 e. The molecule has 2 unspecified atom stereocenters. The average molecular weight is 233 g/mol. The molecule has 0 aliphatic carbocycles. The number of nitrogens with zero attached hydrogens (tertiary/aromatic N) is 2. The molecule has 0 saturated heterocycles. The molecule has 0 amide bonds. The number of hydrogen-bond donors (Lipinski definition) is 2. The van der Waals surface area contributed by atoms with Crippen LogP contribution in [0, 0.1) is 11.3 Å². The Bertz CT molecular complexity index is 378. The van der Waals surface area contributed by atoms with Crippen LogP contribution in [0.25, 0.3) is 0 Å². The van der Waals surface area contributed by atoms with Crippen LogP contribution in [0.2, 0.25) is 10.2 Å². The van der Waals surface area contributed by atoms with Gasteiger partial charge in [0.05, 0.1) is 11.1 Å². The minimum Gasteiger partial charge on any atom is -0.384 e. The third-order valence-corrected chi connectivity index (χ3v) is 2.41. The zero-order valence-electron chi connectivity index (χ0n) is 6.85. The first kappa shape index (κ1) is 11.2. The van der Waals surface area contributed by atoms with E-state index in [1.54, 1.807) is 0 Å². The molecular weight excluding hydrogens is 227 g/mol. The third-order valence-electron chi connectivity index (χ3n) is 1.63. The lowest BCUT2D eigenvalue weighted by atomic mass is 10.1. The summed E-state index contributed by atoms with van der Waals surface area (Å²) in [6.07, 6.45) is -1.59. The van der Waals surface area contributed by atoms with Crippen molar-refractivity contribution in [3.63, 3.8) is 0 Å². The van der Waals surface area contributed by atoms with Crippen LogP contribution >= 0.6 is 23.2 Å². The predicted octanol–water partition coefficient (Wildman–Crippen LogP) is 1.31. The highest BCUT2D eigenvalue weighted by Crippen LogP contribution is 2.29. The molecular formula is C8H6Cl2N2O2. The van der Waals surface area contributed by atoms with E-state index in [0.717, 1.165) is 0 Å². The number of rotatable bonds is 2. The molecule has 1 aromatic rings. The SMILES string of the molecule is N#CC(O)C(O)c1ccnc(Cl)c1Cl. The first-order chi connectivity index (χ1) is 6.57. The number of aliphatic hydroxyl groups excluding tert-OH is 2. The summed E-state index contributed by atoms with van der Waals surface area (Å²) in [6.45, 7) is 0. The predicted molar refractivity (Wildman–Crippen MR) is 50.8 cm³/mol. The molecule has 0 bridgehead atoms. The molecule has 1 heterocycles. The fourth-order valence-electron chi connectivity index (χ4n) is 0.901. The van der Waals surface area contributed by atoms with E-state index in [-0.39, 0.29) is 15.7 Å². The Balaban J connectivity index is 3.08. The summed E-state index contributed by atoms with van der Waals surface area (Å²) in [5, 5.41) is 26.9. The van der Waals surface area contributed by atoms with Gasteiger partial charge >= 0.3 is 0 Å². The average Bonchev–Trinajstić information content (AvgIpc) is 2.20. The molecule has 1 rings (SSSR count). The van der Waals surface area contributed by atoms with Crippen molar-refractivity contribution in [2.75, 3.05) is 0 Å². The molecule has 2 atom stereocenters. The van der Waals surface area contributed by atoms with Gasteiger partial charge in [-0.1, -0.05) is 23.2 Å². The van der Waals surface area contributed by atoms with Crippen LogP contribution in [0.3, 0.4) is 0 Å². The van der Waals surface area contributed by atoms with Gasteiger partial charge in [-0.25, -0.2) is 4.98 Å². The highest BCUT2D eigenvalue weighted by atomic mass is 35.5. The lowest BCUT2D eigenvalue weighted by molar-refractivity contribution is 0.0528. The van der Waals surface area contributed by atoms with Crippen LogP contribution in [0.4, 0.5) is 0 Å². The second-order valence-electron chi connectivity index (χ2n) is 2.52. The first-order valence-corrected chi connectivity index (χ1v) is 4.39. The molecule has 6 heteroatoms. The number of hydrogen-bond acceptors (Lipinski definition) is 4. The topological polar surface area (TPSA) is 77.1 Å². The molecule has 74 valence electrons. The third kappa shape index (κ3) is 2.14. The fourth-order valence-corrected chi connectivity index (χ4v) is 1.29. The van der Waals surface area contributed by atoms with Crippen LogP contribution in [-0.2, 0) is 0 Å². The van der Waals surface area contributed by atoms with Crippen molar-refractivity contribution < 1.29 is 10.2 Å². The van der Waals surface area contributed by atoms with Crippen molar-refractivity contribution in [2.45, 2.75) is 12.2 Å². The molecule has 14 heavy (non-hydrogen) atoms. The van der Waals surface area contributed by atoms with Crippen LogP contribution < -0.4 is 0 Å². The number of aliphatic hydroxyl groups is 2. The molecule has 1 aromatic heterocycles. The lowest BCUT2D eigenvalue weighted by Crippen LogP contribution is -2.16. The van der Waals surface area contributed by atoms with Gasteiger partial charge in [-0.3, -0.25) is 0 Å². The summed E-state index contributed by atoms with van der Waals surface area (Å²) >= 11 is 11.3. The van der Waals surface area contributed by atoms with E-state index in [1.807, 2.05) is 0 Å². The number of pyridine rings is 1. The maximum absolute atomic E-state index is 9.45. The zero-order chi connectivity index (χ0) is 10.7. The minimum atomic E-state index is -1.54. The molecule has 0 aliphatic rings. The first-order valence-electron chi connectivity index (χ1n) is 3.63. The Morgan fingerprint density at radius 2 is 2.07 bits per heavy atom. The Hall–Kier alpha value is -0.860. The number of aromatic nitrogens is 1. The van der Waals surface area contributed by atoms with Crippen molar-refractivity contribution in [1.82, 2.24) is 4.98 Å². The zero-order valence-corrected chi connectivity index (χ0v) is 8.37. The van der Waals surface area contributed by atoms with E-state index in [4.69, 9.17) is 33.6 Å². The maximum atomic E-state index is 9.45. The van der Waals surface area contributed by atoms with E-state index in [0.29, 0.717) is 0 Å². The van der Waals surface area contributed by atoms with E-state index in [9.17, 15) is 5.11 Å². The Morgan fingerprint density at radius 1 is 1.43 bits per heavy atom. The summed E-state index contributed by atoms with van der Waals surface area (Å²) < 4.78 is 0. The summed E-state index contributed by atoms with van der Waals surface area (Å²) in [5.74, 6) is 0. The van der Waals surface area contributed by atoms with Gasteiger partial charge in [-0.2, -0.15) is 5.26 Å². The van der Waals surface area contributed by atoms with E-state index in [1.165, 1.54) is 18.3 Å². The van der Waals surface area contributed by atoms with Gasteiger partial charge in [0.2, 0.25) is 0 Å². The fraction of sp³-hybridized carbons (Fsp3) is 0.250. The Morgan fingerprint density at radius 3 is 2.64 bits per heavy atom. The summed E-state index contributed by atoms with van der Waals surface area (Å²) in [4.78, 5) is 3.66. The van der Waals surface area contributed by atoms with Crippen LogP contribution in [-0.4, -0.2) is 21.3 Å². The molecule has 0 saturated carbocycles. The number of halogens is 2. The second-order valence-corrected chi connectivity index (χ2v) is 3.26. The van der Waals surface area contributed by atoms with Gasteiger partial charge in [-0.05, 0) is 6.07 Å². The summed E-state index contributed by atoms with van der Waals surface area (Å²) in [6, 6.07) is 2.88. The molecule has 0 radical (unpaired) electrons. The van der Waals surface area contributed by atoms with Gasteiger partial charge in [0.1, 0.15) is 11.3 Å². The molecule has 0 aromatic carbocycles.